The molecule has 0 aliphatic carbocycles. The van der Waals surface area contributed by atoms with Crippen molar-refractivity contribution in [3.8, 4) is 0 Å². The number of carboxylic acids is 1. The molecule has 0 radical (unpaired) electrons. The Morgan fingerprint density at radius 1 is 1.36 bits per heavy atom. The number of hydrogen-bond acceptors (Lipinski definition) is 2. The van der Waals surface area contributed by atoms with E-state index in [-0.39, 0.29) is 0 Å². The van der Waals surface area contributed by atoms with Gasteiger partial charge in [0.05, 0.1) is 0 Å². The number of aliphatic carboxylic acids is 1. The van der Waals surface area contributed by atoms with E-state index in [1.54, 1.807) is 24.3 Å². The molecule has 14 heavy (non-hydrogen) atoms. The van der Waals surface area contributed by atoms with Crippen LogP contribution in [-0.4, -0.2) is 43.3 Å². The van der Waals surface area contributed by atoms with E-state index in [1.165, 1.54) is 0 Å². The van der Waals surface area contributed by atoms with Gasteiger partial charge in [0.1, 0.15) is 0 Å². The van der Waals surface area contributed by atoms with Crippen LogP contribution >= 0.6 is 4.13 Å². The fourth-order valence-electron chi connectivity index (χ4n) is 0.705. The molecule has 72 valence electrons. The molecule has 4 nitrogen and oxygen atoms in total. The van der Waals surface area contributed by atoms with Crippen LogP contribution in [0.2, 0.25) is 0 Å². The quantitative estimate of drug-likeness (QED) is 0.545. The zero-order chi connectivity index (χ0) is 11.2. The van der Waals surface area contributed by atoms with E-state index in [2.05, 4.69) is 0 Å². The average molecular weight is 224 g/mol. The molecule has 0 saturated heterocycles. The number of rotatable bonds is 1. The maximum absolute atomic E-state index is 11.0. The Labute approximate surface area is 99.0 Å². The summed E-state index contributed by atoms with van der Waals surface area (Å²) >= 11 is 0.327. The van der Waals surface area contributed by atoms with Gasteiger partial charge in [0.25, 0.3) is 5.97 Å². The Balaban J connectivity index is 0.000000364. The van der Waals surface area contributed by atoms with Gasteiger partial charge in [-0.1, -0.05) is 0 Å². The zero-order valence-corrected chi connectivity index (χ0v) is 10.9. The standard InChI is InChI=1S/C6H5O2P.C2H4O2.Na/c7-9(8)6-4-2-1-3-5-6;1-2(3)4;/h1-5H;1H3,(H,3,4);/q;;-1/p+1. The molecular formula is C8H10NaO4P. The fourth-order valence-corrected chi connectivity index (χ4v) is 2.32. The summed E-state index contributed by atoms with van der Waals surface area (Å²) in [5.74, 6) is -0.833. The van der Waals surface area contributed by atoms with Crippen LogP contribution in [0.4, 0.5) is 0 Å². The molecule has 0 aliphatic heterocycles. The Morgan fingerprint density at radius 3 is 1.93 bits per heavy atom. The van der Waals surface area contributed by atoms with Crippen molar-refractivity contribution in [3.05, 3.63) is 30.3 Å². The van der Waals surface area contributed by atoms with E-state index in [0.717, 1.165) is 6.92 Å². The van der Waals surface area contributed by atoms with E-state index in [4.69, 9.17) is 14.8 Å². The predicted octanol–water partition coefficient (Wildman–Crippen LogP) is 0.757. The van der Waals surface area contributed by atoms with Crippen molar-refractivity contribution in [2.24, 2.45) is 0 Å². The van der Waals surface area contributed by atoms with Gasteiger partial charge in [-0.25, -0.2) is 0 Å². The molecule has 1 unspecified atom stereocenters. The number of benzene rings is 1. The van der Waals surface area contributed by atoms with E-state index < -0.39 is 10.1 Å². The third-order valence-corrected chi connectivity index (χ3v) is 4.04. The fraction of sp³-hybridized carbons (Fsp3) is 0.125. The summed E-state index contributed by atoms with van der Waals surface area (Å²) in [6.45, 7) is 1.08. The molecular weight excluding hydrogens is 214 g/mol. The van der Waals surface area contributed by atoms with Crippen LogP contribution in [0.15, 0.2) is 30.3 Å². The first-order valence-electron chi connectivity index (χ1n) is 3.89. The summed E-state index contributed by atoms with van der Waals surface area (Å²) in [6, 6.07) is 8.76. The molecule has 0 amide bonds. The van der Waals surface area contributed by atoms with Gasteiger partial charge in [-0.2, -0.15) is 0 Å². The second-order valence-electron chi connectivity index (χ2n) is 2.73. The zero-order valence-electron chi connectivity index (χ0n) is 8.04. The molecule has 1 aromatic rings. The van der Waals surface area contributed by atoms with E-state index in [9.17, 15) is 4.57 Å². The molecule has 6 heteroatoms. The molecule has 0 spiro atoms. The number of hydrogen-bond donors (Lipinski definition) is 2. The normalized spacial score (nSPS) is 13.4. The summed E-state index contributed by atoms with van der Waals surface area (Å²) in [6.07, 6.45) is 0. The molecule has 0 bridgehead atoms. The first kappa shape index (κ1) is 13.9. The third kappa shape index (κ3) is 7.30. The number of carboxylic acid groups (broad SMARTS) is 1. The number of carbonyl (C=O) groups is 1. The van der Waals surface area contributed by atoms with Crippen LogP contribution in [0, 0.1) is 0 Å². The minimum absolute atomic E-state index is 0.327. The van der Waals surface area contributed by atoms with Crippen molar-refractivity contribution in [2.45, 2.75) is 6.92 Å². The van der Waals surface area contributed by atoms with Gasteiger partial charge >= 0.3 is 76.5 Å². The predicted molar refractivity (Wildman–Crippen MR) is 55.0 cm³/mol. The second-order valence-corrected chi connectivity index (χ2v) is 8.65. The van der Waals surface area contributed by atoms with Crippen molar-refractivity contribution in [1.29, 1.82) is 0 Å². The van der Waals surface area contributed by atoms with Crippen molar-refractivity contribution in [3.63, 3.8) is 0 Å². The second kappa shape index (κ2) is 6.38. The van der Waals surface area contributed by atoms with Gasteiger partial charge in [0.15, 0.2) is 0 Å². The molecule has 0 fully saturated rings. The Morgan fingerprint density at radius 2 is 1.71 bits per heavy atom. The molecule has 2 N–H and O–H groups in total. The van der Waals surface area contributed by atoms with E-state index in [0.29, 0.717) is 32.6 Å². The van der Waals surface area contributed by atoms with Crippen LogP contribution in [0.25, 0.3) is 0 Å². The monoisotopic (exact) mass is 224 g/mol. The van der Waals surface area contributed by atoms with Gasteiger partial charge in [-0.3, -0.25) is 4.79 Å². The average Bonchev–Trinajstić information content (AvgIpc) is 2.03. The van der Waals surface area contributed by atoms with Crippen molar-refractivity contribution >= 4 is 42.7 Å². The molecule has 1 rings (SSSR count). The van der Waals surface area contributed by atoms with Gasteiger partial charge < -0.3 is 5.11 Å². The van der Waals surface area contributed by atoms with E-state index in [1.807, 2.05) is 6.07 Å². The summed E-state index contributed by atoms with van der Waals surface area (Å²) in [5.41, 5.74) is 0. The third-order valence-electron chi connectivity index (χ3n) is 1.24. The molecule has 0 heterocycles. The summed E-state index contributed by atoms with van der Waals surface area (Å²) in [4.78, 5) is 18.1. The molecule has 0 aromatic heterocycles. The topological polar surface area (TPSA) is 74.6 Å². The molecule has 0 saturated carbocycles. The van der Waals surface area contributed by atoms with Crippen molar-refractivity contribution in [1.82, 2.24) is 0 Å². The Hall–Kier alpha value is -0.120. The van der Waals surface area contributed by atoms with Crippen LogP contribution in [0.1, 0.15) is 6.92 Å². The first-order valence-corrected chi connectivity index (χ1v) is 8.68. The van der Waals surface area contributed by atoms with Gasteiger partial charge in [0, 0.05) is 6.92 Å². The van der Waals surface area contributed by atoms with Gasteiger partial charge in [-0.05, 0) is 0 Å². The summed E-state index contributed by atoms with van der Waals surface area (Å²) < 4.78 is 8.15. The molecule has 1 atom stereocenters. The van der Waals surface area contributed by atoms with E-state index >= 15 is 0 Å². The summed E-state index contributed by atoms with van der Waals surface area (Å²) in [7, 11) is 0. The Bertz CT molecular complexity index is 328. The SMILES string of the molecule is CC(=O)O.O=[P](O)([Na])c1ccccc1. The van der Waals surface area contributed by atoms with Crippen molar-refractivity contribution < 1.29 is 19.4 Å². The van der Waals surface area contributed by atoms with Gasteiger partial charge in [0.2, 0.25) is 0 Å². The van der Waals surface area contributed by atoms with Crippen LogP contribution in [0.5, 0.6) is 0 Å². The van der Waals surface area contributed by atoms with Crippen LogP contribution in [0.3, 0.4) is 0 Å². The van der Waals surface area contributed by atoms with Gasteiger partial charge in [-0.15, -0.1) is 0 Å². The molecule has 1 aromatic carbocycles. The molecule has 0 aliphatic rings. The summed E-state index contributed by atoms with van der Waals surface area (Å²) in [5, 5.41) is 7.99. The van der Waals surface area contributed by atoms with Crippen LogP contribution in [-0.2, 0) is 9.36 Å². The maximum atomic E-state index is 11.0. The first-order chi connectivity index (χ1) is 6.34. The van der Waals surface area contributed by atoms with Crippen molar-refractivity contribution in [2.75, 3.05) is 0 Å². The minimum atomic E-state index is -2.88. The van der Waals surface area contributed by atoms with Crippen LogP contribution < -0.4 is 5.30 Å². The Kier molecular flexibility index (Phi) is 6.33.